The average Bonchev–Trinajstić information content (AvgIpc) is 3.23. The molecule has 1 aromatic rings. The molecule has 1 saturated heterocycles. The first-order valence-corrected chi connectivity index (χ1v) is 9.65. The van der Waals surface area contributed by atoms with Crippen LogP contribution in [0.1, 0.15) is 53.2 Å². The van der Waals surface area contributed by atoms with Gasteiger partial charge in [-0.25, -0.2) is 0 Å². The van der Waals surface area contributed by atoms with E-state index in [1.165, 1.54) is 10.4 Å². The van der Waals surface area contributed by atoms with E-state index < -0.39 is 0 Å². The summed E-state index contributed by atoms with van der Waals surface area (Å²) in [6.45, 7) is 7.37. The highest BCUT2D eigenvalue weighted by Crippen LogP contribution is 2.34. The van der Waals surface area contributed by atoms with Crippen LogP contribution in [0.15, 0.2) is 6.07 Å². The maximum atomic E-state index is 12.6. The standard InChI is InChI=1S/C18H26N2O2S/c1-3-19(4-2)18(22)16-12-14-11-13(7-8-15(14)23-16)17(21)20-9-5-6-10-20/h12-13H,3-11H2,1-2H3/t13-/m0/s1. The Labute approximate surface area is 142 Å². The molecule has 1 aromatic heterocycles. The molecule has 2 amide bonds. The van der Waals surface area contributed by atoms with Gasteiger partial charge in [0.25, 0.3) is 5.91 Å². The molecule has 0 bridgehead atoms. The van der Waals surface area contributed by atoms with E-state index in [0.717, 1.165) is 63.2 Å². The number of carbonyl (C=O) groups excluding carboxylic acids is 2. The van der Waals surface area contributed by atoms with Crippen LogP contribution >= 0.6 is 11.3 Å². The van der Waals surface area contributed by atoms with Gasteiger partial charge >= 0.3 is 0 Å². The Morgan fingerprint density at radius 2 is 1.96 bits per heavy atom. The SMILES string of the molecule is CCN(CC)C(=O)c1cc2c(s1)CC[C@H](C(=O)N1CCCC1)C2. The lowest BCUT2D eigenvalue weighted by Crippen LogP contribution is -2.36. The number of rotatable bonds is 4. The number of carbonyl (C=O) groups is 2. The summed E-state index contributed by atoms with van der Waals surface area (Å²) in [6, 6.07) is 2.05. The van der Waals surface area contributed by atoms with Crippen LogP contribution in [0.4, 0.5) is 0 Å². The predicted octanol–water partition coefficient (Wildman–Crippen LogP) is 2.96. The number of nitrogens with zero attached hydrogens (tertiary/aromatic N) is 2. The first-order chi connectivity index (χ1) is 11.1. The molecule has 0 unspecified atom stereocenters. The van der Waals surface area contributed by atoms with Gasteiger partial charge < -0.3 is 9.80 Å². The molecule has 2 aliphatic rings. The topological polar surface area (TPSA) is 40.6 Å². The number of thiophene rings is 1. The van der Waals surface area contributed by atoms with E-state index in [9.17, 15) is 9.59 Å². The Hall–Kier alpha value is -1.36. The van der Waals surface area contributed by atoms with E-state index in [-0.39, 0.29) is 11.8 Å². The predicted molar refractivity (Wildman–Crippen MR) is 92.9 cm³/mol. The van der Waals surface area contributed by atoms with Crippen molar-refractivity contribution < 1.29 is 9.59 Å². The molecule has 1 aliphatic carbocycles. The first-order valence-electron chi connectivity index (χ1n) is 8.83. The summed E-state index contributed by atoms with van der Waals surface area (Å²) in [4.78, 5) is 31.2. The van der Waals surface area contributed by atoms with Crippen molar-refractivity contribution in [2.45, 2.75) is 46.0 Å². The third kappa shape index (κ3) is 3.30. The molecule has 23 heavy (non-hydrogen) atoms. The normalized spacial score (nSPS) is 20.4. The summed E-state index contributed by atoms with van der Waals surface area (Å²) in [5.74, 6) is 0.583. The van der Waals surface area contributed by atoms with Crippen molar-refractivity contribution in [2.75, 3.05) is 26.2 Å². The minimum atomic E-state index is 0.117. The molecule has 1 aliphatic heterocycles. The largest absolute Gasteiger partial charge is 0.342 e. The van der Waals surface area contributed by atoms with Crippen molar-refractivity contribution in [1.29, 1.82) is 0 Å². The Morgan fingerprint density at radius 3 is 2.61 bits per heavy atom. The van der Waals surface area contributed by atoms with Crippen LogP contribution < -0.4 is 0 Å². The molecular formula is C18H26N2O2S. The van der Waals surface area contributed by atoms with Crippen LogP contribution in [-0.4, -0.2) is 47.8 Å². The number of hydrogen-bond donors (Lipinski definition) is 0. The van der Waals surface area contributed by atoms with E-state index in [0.29, 0.717) is 5.91 Å². The van der Waals surface area contributed by atoms with Crippen LogP contribution in [0.3, 0.4) is 0 Å². The number of amides is 2. The molecule has 0 aromatic carbocycles. The highest BCUT2D eigenvalue weighted by atomic mass is 32.1. The van der Waals surface area contributed by atoms with E-state index >= 15 is 0 Å². The molecule has 0 radical (unpaired) electrons. The fourth-order valence-electron chi connectivity index (χ4n) is 3.70. The maximum Gasteiger partial charge on any atom is 0.263 e. The zero-order valence-corrected chi connectivity index (χ0v) is 15.0. The van der Waals surface area contributed by atoms with Gasteiger partial charge in [0.1, 0.15) is 0 Å². The second kappa shape index (κ2) is 7.04. The number of aryl methyl sites for hydroxylation is 1. The third-order valence-electron chi connectivity index (χ3n) is 5.11. The van der Waals surface area contributed by atoms with Gasteiger partial charge in [-0.15, -0.1) is 11.3 Å². The van der Waals surface area contributed by atoms with Crippen molar-refractivity contribution in [3.05, 3.63) is 21.4 Å². The summed E-state index contributed by atoms with van der Waals surface area (Å²) in [7, 11) is 0. The van der Waals surface area contributed by atoms with Gasteiger partial charge in [0.15, 0.2) is 0 Å². The van der Waals surface area contributed by atoms with E-state index in [2.05, 4.69) is 0 Å². The minimum Gasteiger partial charge on any atom is -0.342 e. The van der Waals surface area contributed by atoms with E-state index in [4.69, 9.17) is 0 Å². The highest BCUT2D eigenvalue weighted by molar-refractivity contribution is 7.14. The van der Waals surface area contributed by atoms with Crippen molar-refractivity contribution in [3.63, 3.8) is 0 Å². The number of fused-ring (bicyclic) bond motifs is 1. The summed E-state index contributed by atoms with van der Waals surface area (Å²) in [5.41, 5.74) is 1.23. The van der Waals surface area contributed by atoms with Gasteiger partial charge in [0.05, 0.1) is 4.88 Å². The van der Waals surface area contributed by atoms with E-state index in [1.54, 1.807) is 11.3 Å². The van der Waals surface area contributed by atoms with Crippen molar-refractivity contribution in [1.82, 2.24) is 9.80 Å². The summed E-state index contributed by atoms with van der Waals surface area (Å²) in [5, 5.41) is 0. The highest BCUT2D eigenvalue weighted by Gasteiger charge is 2.31. The molecular weight excluding hydrogens is 308 g/mol. The molecule has 0 saturated carbocycles. The van der Waals surface area contributed by atoms with Gasteiger partial charge in [-0.2, -0.15) is 0 Å². The third-order valence-corrected chi connectivity index (χ3v) is 6.34. The number of hydrogen-bond acceptors (Lipinski definition) is 3. The quantitative estimate of drug-likeness (QED) is 0.849. The van der Waals surface area contributed by atoms with Gasteiger partial charge in [0, 0.05) is 37.0 Å². The zero-order chi connectivity index (χ0) is 16.4. The number of likely N-dealkylation sites (tertiary alicyclic amines) is 1. The molecule has 0 spiro atoms. The van der Waals surface area contributed by atoms with Crippen LogP contribution in [0.25, 0.3) is 0 Å². The van der Waals surface area contributed by atoms with Crippen LogP contribution in [0, 0.1) is 5.92 Å². The smallest absolute Gasteiger partial charge is 0.263 e. The average molecular weight is 334 g/mol. The van der Waals surface area contributed by atoms with Gasteiger partial charge in [-0.1, -0.05) is 0 Å². The van der Waals surface area contributed by atoms with Crippen molar-refractivity contribution >= 4 is 23.2 Å². The molecule has 1 fully saturated rings. The van der Waals surface area contributed by atoms with Crippen molar-refractivity contribution in [2.24, 2.45) is 5.92 Å². The maximum absolute atomic E-state index is 12.6. The van der Waals surface area contributed by atoms with Crippen LogP contribution in [-0.2, 0) is 17.6 Å². The lowest BCUT2D eigenvalue weighted by atomic mass is 9.87. The van der Waals surface area contributed by atoms with Crippen LogP contribution in [0.2, 0.25) is 0 Å². The molecule has 0 N–H and O–H groups in total. The Kier molecular flexibility index (Phi) is 5.05. The fourth-order valence-corrected chi connectivity index (χ4v) is 4.88. The summed E-state index contributed by atoms with van der Waals surface area (Å²) < 4.78 is 0. The van der Waals surface area contributed by atoms with Crippen LogP contribution in [0.5, 0.6) is 0 Å². The lowest BCUT2D eigenvalue weighted by molar-refractivity contribution is -0.134. The second-order valence-electron chi connectivity index (χ2n) is 6.51. The molecule has 126 valence electrons. The fraction of sp³-hybridized carbons (Fsp3) is 0.667. The zero-order valence-electron chi connectivity index (χ0n) is 14.1. The summed E-state index contributed by atoms with van der Waals surface area (Å²) >= 11 is 1.63. The first kappa shape index (κ1) is 16.5. The monoisotopic (exact) mass is 334 g/mol. The molecule has 5 heteroatoms. The molecule has 1 atom stereocenters. The molecule has 4 nitrogen and oxygen atoms in total. The van der Waals surface area contributed by atoms with E-state index in [1.807, 2.05) is 29.7 Å². The van der Waals surface area contributed by atoms with Crippen molar-refractivity contribution in [3.8, 4) is 0 Å². The Balaban J connectivity index is 1.71. The van der Waals surface area contributed by atoms with Gasteiger partial charge in [-0.05, 0) is 57.6 Å². The molecule has 2 heterocycles. The summed E-state index contributed by atoms with van der Waals surface area (Å²) in [6.07, 6.45) is 4.97. The Bertz CT molecular complexity index is 586. The van der Waals surface area contributed by atoms with Gasteiger partial charge in [0.2, 0.25) is 5.91 Å². The lowest BCUT2D eigenvalue weighted by Gasteiger charge is -2.26. The van der Waals surface area contributed by atoms with Gasteiger partial charge in [-0.3, -0.25) is 9.59 Å². The Morgan fingerprint density at radius 1 is 1.26 bits per heavy atom. The molecule has 3 rings (SSSR count). The second-order valence-corrected chi connectivity index (χ2v) is 7.65. The minimum absolute atomic E-state index is 0.117.